The lowest BCUT2D eigenvalue weighted by atomic mass is 10.1. The quantitative estimate of drug-likeness (QED) is 0.739. The minimum atomic E-state index is -0.233. The van der Waals surface area contributed by atoms with Gasteiger partial charge in [-0.25, -0.2) is 4.79 Å². The summed E-state index contributed by atoms with van der Waals surface area (Å²) in [7, 11) is 0. The van der Waals surface area contributed by atoms with Crippen molar-refractivity contribution in [2.24, 2.45) is 0 Å². The summed E-state index contributed by atoms with van der Waals surface area (Å²) < 4.78 is 0. The standard InChI is InChI=1S/C13H16N2O/c1-3-9-14-13(16)15-10-12-8-6-5-7-11(12)4-2/h1,5-8H,4,9-10H2,2H3,(H2,14,15,16). The number of aryl methyl sites for hydroxylation is 1. The molecule has 0 radical (unpaired) electrons. The summed E-state index contributed by atoms with van der Waals surface area (Å²) in [5.74, 6) is 2.35. The van der Waals surface area contributed by atoms with E-state index in [1.807, 2.05) is 18.2 Å². The van der Waals surface area contributed by atoms with Crippen LogP contribution in [0.15, 0.2) is 24.3 Å². The summed E-state index contributed by atoms with van der Waals surface area (Å²) in [6.45, 7) is 2.87. The third-order valence-corrected chi connectivity index (χ3v) is 2.29. The smallest absolute Gasteiger partial charge is 0.315 e. The Bertz CT molecular complexity index is 393. The average Bonchev–Trinajstić information content (AvgIpc) is 2.34. The number of hydrogen-bond donors (Lipinski definition) is 2. The van der Waals surface area contributed by atoms with E-state index in [1.54, 1.807) is 0 Å². The van der Waals surface area contributed by atoms with E-state index in [4.69, 9.17) is 6.42 Å². The molecule has 3 heteroatoms. The second-order valence-corrected chi connectivity index (χ2v) is 3.36. The molecule has 2 amide bonds. The zero-order valence-electron chi connectivity index (χ0n) is 9.42. The minimum Gasteiger partial charge on any atom is -0.334 e. The molecule has 0 heterocycles. The van der Waals surface area contributed by atoms with Crippen LogP contribution in [0.25, 0.3) is 0 Å². The highest BCUT2D eigenvalue weighted by atomic mass is 16.2. The summed E-state index contributed by atoms with van der Waals surface area (Å²) >= 11 is 0. The van der Waals surface area contributed by atoms with E-state index in [2.05, 4.69) is 29.5 Å². The van der Waals surface area contributed by atoms with E-state index in [9.17, 15) is 4.79 Å². The Morgan fingerprint density at radius 1 is 1.31 bits per heavy atom. The number of amides is 2. The first-order chi connectivity index (χ1) is 7.77. The van der Waals surface area contributed by atoms with Gasteiger partial charge in [0.25, 0.3) is 0 Å². The van der Waals surface area contributed by atoms with Crippen LogP contribution in [-0.4, -0.2) is 12.6 Å². The fourth-order valence-electron chi connectivity index (χ4n) is 1.44. The molecule has 1 rings (SSSR count). The minimum absolute atomic E-state index is 0.233. The monoisotopic (exact) mass is 216 g/mol. The van der Waals surface area contributed by atoms with Crippen LogP contribution in [0, 0.1) is 12.3 Å². The van der Waals surface area contributed by atoms with Gasteiger partial charge >= 0.3 is 6.03 Å². The van der Waals surface area contributed by atoms with E-state index in [0.29, 0.717) is 6.54 Å². The van der Waals surface area contributed by atoms with E-state index in [1.165, 1.54) is 5.56 Å². The molecule has 1 aromatic carbocycles. The number of terminal acetylenes is 1. The van der Waals surface area contributed by atoms with Crippen molar-refractivity contribution in [3.63, 3.8) is 0 Å². The molecule has 2 N–H and O–H groups in total. The zero-order valence-corrected chi connectivity index (χ0v) is 9.42. The lowest BCUT2D eigenvalue weighted by molar-refractivity contribution is 0.241. The third-order valence-electron chi connectivity index (χ3n) is 2.29. The average molecular weight is 216 g/mol. The number of hydrogen-bond acceptors (Lipinski definition) is 1. The van der Waals surface area contributed by atoms with Gasteiger partial charge in [0.15, 0.2) is 0 Å². The van der Waals surface area contributed by atoms with Gasteiger partial charge in [0.05, 0.1) is 6.54 Å². The van der Waals surface area contributed by atoms with Gasteiger partial charge in [0, 0.05) is 6.54 Å². The lowest BCUT2D eigenvalue weighted by Crippen LogP contribution is -2.35. The SMILES string of the molecule is C#CCNC(=O)NCc1ccccc1CC. The van der Waals surface area contributed by atoms with E-state index < -0.39 is 0 Å². The van der Waals surface area contributed by atoms with Gasteiger partial charge in [-0.15, -0.1) is 6.42 Å². The molecule has 0 bridgehead atoms. The number of urea groups is 1. The fraction of sp³-hybridized carbons (Fsp3) is 0.308. The van der Waals surface area contributed by atoms with Crippen molar-refractivity contribution in [3.8, 4) is 12.3 Å². The van der Waals surface area contributed by atoms with Crippen LogP contribution in [0.5, 0.6) is 0 Å². The molecule has 0 aliphatic rings. The topological polar surface area (TPSA) is 41.1 Å². The van der Waals surface area contributed by atoms with E-state index in [0.717, 1.165) is 12.0 Å². The summed E-state index contributed by atoms with van der Waals surface area (Å²) in [5.41, 5.74) is 2.39. The number of benzene rings is 1. The Hall–Kier alpha value is -1.95. The second kappa shape index (κ2) is 6.52. The van der Waals surface area contributed by atoms with E-state index in [-0.39, 0.29) is 12.6 Å². The molecule has 1 aromatic rings. The lowest BCUT2D eigenvalue weighted by Gasteiger charge is -2.09. The van der Waals surface area contributed by atoms with Gasteiger partial charge in [0.2, 0.25) is 0 Å². The summed E-state index contributed by atoms with van der Waals surface area (Å²) in [4.78, 5) is 11.3. The summed E-state index contributed by atoms with van der Waals surface area (Å²) in [5, 5.41) is 5.32. The highest BCUT2D eigenvalue weighted by Crippen LogP contribution is 2.08. The van der Waals surface area contributed by atoms with Gasteiger partial charge in [-0.1, -0.05) is 37.1 Å². The maximum absolute atomic E-state index is 11.3. The first kappa shape index (κ1) is 12.1. The van der Waals surface area contributed by atoms with Crippen LogP contribution >= 0.6 is 0 Å². The van der Waals surface area contributed by atoms with Crippen molar-refractivity contribution < 1.29 is 4.79 Å². The molecule has 0 spiro atoms. The molecule has 0 fully saturated rings. The third kappa shape index (κ3) is 3.66. The van der Waals surface area contributed by atoms with Crippen LogP contribution in [0.4, 0.5) is 4.79 Å². The zero-order chi connectivity index (χ0) is 11.8. The molecule has 0 saturated carbocycles. The molecule has 0 aromatic heterocycles. The first-order valence-corrected chi connectivity index (χ1v) is 5.30. The van der Waals surface area contributed by atoms with E-state index >= 15 is 0 Å². The molecule has 0 aliphatic carbocycles. The Morgan fingerprint density at radius 2 is 2.00 bits per heavy atom. The van der Waals surface area contributed by atoms with Crippen molar-refractivity contribution in [3.05, 3.63) is 35.4 Å². The first-order valence-electron chi connectivity index (χ1n) is 5.30. The van der Waals surface area contributed by atoms with Crippen molar-refractivity contribution in [1.82, 2.24) is 10.6 Å². The van der Waals surface area contributed by atoms with Gasteiger partial charge in [-0.05, 0) is 17.5 Å². The van der Waals surface area contributed by atoms with Crippen molar-refractivity contribution in [1.29, 1.82) is 0 Å². The van der Waals surface area contributed by atoms with Crippen LogP contribution < -0.4 is 10.6 Å². The number of carbonyl (C=O) groups is 1. The predicted octanol–water partition coefficient (Wildman–Crippen LogP) is 1.68. The maximum atomic E-state index is 11.3. The number of carbonyl (C=O) groups excluding carboxylic acids is 1. The molecular weight excluding hydrogens is 200 g/mol. The van der Waals surface area contributed by atoms with Crippen LogP contribution in [0.3, 0.4) is 0 Å². The number of nitrogens with one attached hydrogen (secondary N) is 2. The van der Waals surface area contributed by atoms with Gasteiger partial charge in [-0.2, -0.15) is 0 Å². The predicted molar refractivity (Wildman–Crippen MR) is 64.9 cm³/mol. The number of rotatable bonds is 4. The Morgan fingerprint density at radius 3 is 2.62 bits per heavy atom. The highest BCUT2D eigenvalue weighted by molar-refractivity contribution is 5.74. The molecule has 0 atom stereocenters. The molecule has 16 heavy (non-hydrogen) atoms. The molecular formula is C13H16N2O. The Labute approximate surface area is 96.2 Å². The summed E-state index contributed by atoms with van der Waals surface area (Å²) in [6.07, 6.45) is 6.00. The van der Waals surface area contributed by atoms with Crippen molar-refractivity contribution in [2.45, 2.75) is 19.9 Å². The van der Waals surface area contributed by atoms with Crippen LogP contribution in [0.2, 0.25) is 0 Å². The van der Waals surface area contributed by atoms with Crippen LogP contribution in [-0.2, 0) is 13.0 Å². The largest absolute Gasteiger partial charge is 0.334 e. The molecule has 0 unspecified atom stereocenters. The van der Waals surface area contributed by atoms with Gasteiger partial charge in [-0.3, -0.25) is 0 Å². The summed E-state index contributed by atoms with van der Waals surface area (Å²) in [6, 6.07) is 7.82. The Kier molecular flexibility index (Phi) is 4.94. The second-order valence-electron chi connectivity index (χ2n) is 3.36. The van der Waals surface area contributed by atoms with Gasteiger partial charge in [0.1, 0.15) is 0 Å². The Balaban J connectivity index is 2.48. The molecule has 0 aliphatic heterocycles. The molecule has 84 valence electrons. The van der Waals surface area contributed by atoms with Crippen LogP contribution in [0.1, 0.15) is 18.1 Å². The molecule has 0 saturated heterocycles. The molecule has 3 nitrogen and oxygen atoms in total. The normalized spacial score (nSPS) is 9.25. The van der Waals surface area contributed by atoms with Crippen molar-refractivity contribution >= 4 is 6.03 Å². The maximum Gasteiger partial charge on any atom is 0.315 e. The highest BCUT2D eigenvalue weighted by Gasteiger charge is 2.01. The fourth-order valence-corrected chi connectivity index (χ4v) is 1.44. The van der Waals surface area contributed by atoms with Crippen molar-refractivity contribution in [2.75, 3.05) is 6.54 Å². The van der Waals surface area contributed by atoms with Gasteiger partial charge < -0.3 is 10.6 Å².